The van der Waals surface area contributed by atoms with Crippen LogP contribution in [-0.2, 0) is 0 Å². The highest BCUT2D eigenvalue weighted by molar-refractivity contribution is 5.43. The van der Waals surface area contributed by atoms with Gasteiger partial charge in [0.2, 0.25) is 0 Å². The van der Waals surface area contributed by atoms with E-state index in [0.29, 0.717) is 0 Å². The molecule has 1 N–H and O–H groups in total. The standard InChI is InChI=1S/C27H29N3O/c1-3-10-27(23-15-17-26(18-16-23)31-25-13-8-5-9-14-25)29-24-19-28-30(20-24)21(2)22-11-6-4-7-12-22/h4-9,11-21,27,29H,3,10H2,1-2H3. The predicted octanol–water partition coefficient (Wildman–Crippen LogP) is 7.24. The van der Waals surface area contributed by atoms with E-state index in [1.807, 2.05) is 59.4 Å². The molecule has 0 bridgehead atoms. The largest absolute Gasteiger partial charge is 0.457 e. The van der Waals surface area contributed by atoms with Gasteiger partial charge < -0.3 is 10.1 Å². The van der Waals surface area contributed by atoms with Gasteiger partial charge >= 0.3 is 0 Å². The Labute approximate surface area is 184 Å². The van der Waals surface area contributed by atoms with E-state index in [0.717, 1.165) is 30.0 Å². The summed E-state index contributed by atoms with van der Waals surface area (Å²) >= 11 is 0. The quantitative estimate of drug-likeness (QED) is 0.315. The lowest BCUT2D eigenvalue weighted by molar-refractivity contribution is 0.482. The van der Waals surface area contributed by atoms with Crippen LogP contribution in [0.3, 0.4) is 0 Å². The summed E-state index contributed by atoms with van der Waals surface area (Å²) in [6.07, 6.45) is 6.13. The first-order valence-corrected chi connectivity index (χ1v) is 10.9. The van der Waals surface area contributed by atoms with Gasteiger partial charge in [0.1, 0.15) is 11.5 Å². The summed E-state index contributed by atoms with van der Waals surface area (Å²) in [6.45, 7) is 4.38. The van der Waals surface area contributed by atoms with E-state index in [-0.39, 0.29) is 12.1 Å². The van der Waals surface area contributed by atoms with Gasteiger partial charge in [0.15, 0.2) is 0 Å². The van der Waals surface area contributed by atoms with Crippen molar-refractivity contribution in [1.82, 2.24) is 9.78 Å². The second-order valence-electron chi connectivity index (χ2n) is 7.77. The van der Waals surface area contributed by atoms with Crippen LogP contribution in [0.5, 0.6) is 11.5 Å². The molecule has 0 aliphatic rings. The second-order valence-corrected chi connectivity index (χ2v) is 7.77. The molecule has 4 nitrogen and oxygen atoms in total. The molecule has 3 aromatic carbocycles. The Morgan fingerprint density at radius 1 is 0.839 bits per heavy atom. The maximum absolute atomic E-state index is 5.93. The Morgan fingerprint density at radius 2 is 1.48 bits per heavy atom. The highest BCUT2D eigenvalue weighted by Gasteiger charge is 2.14. The highest BCUT2D eigenvalue weighted by atomic mass is 16.5. The van der Waals surface area contributed by atoms with Gasteiger partial charge in [0.25, 0.3) is 0 Å². The maximum Gasteiger partial charge on any atom is 0.127 e. The zero-order valence-corrected chi connectivity index (χ0v) is 18.1. The Bertz CT molecular complexity index is 1060. The molecule has 158 valence electrons. The second kappa shape index (κ2) is 9.98. The number of nitrogens with one attached hydrogen (secondary N) is 1. The number of hydrogen-bond acceptors (Lipinski definition) is 3. The molecule has 4 heteroatoms. The molecular formula is C27H29N3O. The van der Waals surface area contributed by atoms with Gasteiger partial charge in [-0.05, 0) is 48.7 Å². The van der Waals surface area contributed by atoms with Crippen molar-refractivity contribution in [3.63, 3.8) is 0 Å². The minimum atomic E-state index is 0.191. The van der Waals surface area contributed by atoms with E-state index >= 15 is 0 Å². The van der Waals surface area contributed by atoms with Crippen molar-refractivity contribution in [2.45, 2.75) is 38.8 Å². The van der Waals surface area contributed by atoms with Crippen LogP contribution >= 0.6 is 0 Å². The van der Waals surface area contributed by atoms with Crippen molar-refractivity contribution in [3.8, 4) is 11.5 Å². The fraction of sp³-hybridized carbons (Fsp3) is 0.222. The van der Waals surface area contributed by atoms with Crippen molar-refractivity contribution < 1.29 is 4.74 Å². The topological polar surface area (TPSA) is 39.1 Å². The SMILES string of the molecule is CCCC(Nc1cnn(C(C)c2ccccc2)c1)c1ccc(Oc2ccccc2)cc1. The average Bonchev–Trinajstić information content (AvgIpc) is 3.29. The number of anilines is 1. The lowest BCUT2D eigenvalue weighted by atomic mass is 10.0. The van der Waals surface area contributed by atoms with E-state index in [4.69, 9.17) is 4.74 Å². The van der Waals surface area contributed by atoms with E-state index in [2.05, 4.69) is 66.9 Å². The molecule has 1 heterocycles. The van der Waals surface area contributed by atoms with Gasteiger partial charge in [-0.15, -0.1) is 0 Å². The Kier molecular flexibility index (Phi) is 6.68. The molecular weight excluding hydrogens is 382 g/mol. The Balaban J connectivity index is 1.45. The van der Waals surface area contributed by atoms with Gasteiger partial charge in [0.05, 0.1) is 24.0 Å². The first-order valence-electron chi connectivity index (χ1n) is 10.9. The number of aromatic nitrogens is 2. The van der Waals surface area contributed by atoms with Gasteiger partial charge in [-0.25, -0.2) is 0 Å². The molecule has 0 saturated carbocycles. The third-order valence-electron chi connectivity index (χ3n) is 5.46. The first kappa shape index (κ1) is 20.7. The molecule has 0 radical (unpaired) electrons. The number of nitrogens with zero attached hydrogens (tertiary/aromatic N) is 2. The third kappa shape index (κ3) is 5.34. The number of benzene rings is 3. The van der Waals surface area contributed by atoms with Crippen LogP contribution < -0.4 is 10.1 Å². The van der Waals surface area contributed by atoms with Gasteiger partial charge in [-0.3, -0.25) is 4.68 Å². The number of hydrogen-bond donors (Lipinski definition) is 1. The molecule has 2 atom stereocenters. The summed E-state index contributed by atoms with van der Waals surface area (Å²) in [6, 6.07) is 29.1. The predicted molar refractivity (Wildman–Crippen MR) is 127 cm³/mol. The van der Waals surface area contributed by atoms with Gasteiger partial charge in [0, 0.05) is 6.20 Å². The fourth-order valence-corrected chi connectivity index (χ4v) is 3.71. The highest BCUT2D eigenvalue weighted by Crippen LogP contribution is 2.28. The van der Waals surface area contributed by atoms with Crippen molar-refractivity contribution in [2.24, 2.45) is 0 Å². The normalized spacial score (nSPS) is 12.8. The lowest BCUT2D eigenvalue weighted by Gasteiger charge is -2.19. The summed E-state index contributed by atoms with van der Waals surface area (Å²) in [5.41, 5.74) is 3.52. The Hall–Kier alpha value is -3.53. The zero-order chi connectivity index (χ0) is 21.5. The molecule has 31 heavy (non-hydrogen) atoms. The van der Waals surface area contributed by atoms with Crippen LogP contribution in [0.2, 0.25) is 0 Å². The van der Waals surface area contributed by atoms with Crippen LogP contribution in [0, 0.1) is 0 Å². The van der Waals surface area contributed by atoms with Crippen LogP contribution in [0.1, 0.15) is 49.9 Å². The molecule has 2 unspecified atom stereocenters. The molecule has 0 fully saturated rings. The summed E-state index contributed by atoms with van der Waals surface area (Å²) in [4.78, 5) is 0. The monoisotopic (exact) mass is 411 g/mol. The molecule has 4 rings (SSSR count). The van der Waals surface area contributed by atoms with Crippen LogP contribution in [0.25, 0.3) is 0 Å². The molecule has 0 saturated heterocycles. The zero-order valence-electron chi connectivity index (χ0n) is 18.1. The van der Waals surface area contributed by atoms with Crippen LogP contribution in [0.15, 0.2) is 97.3 Å². The summed E-state index contributed by atoms with van der Waals surface area (Å²) in [5, 5.41) is 8.26. The van der Waals surface area contributed by atoms with Gasteiger partial charge in [-0.1, -0.05) is 74.0 Å². The van der Waals surface area contributed by atoms with Crippen molar-refractivity contribution >= 4 is 5.69 Å². The molecule has 4 aromatic rings. The Morgan fingerprint density at radius 3 is 2.16 bits per heavy atom. The molecule has 0 amide bonds. The van der Waals surface area contributed by atoms with Crippen LogP contribution in [0.4, 0.5) is 5.69 Å². The van der Waals surface area contributed by atoms with E-state index in [1.165, 1.54) is 11.1 Å². The van der Waals surface area contributed by atoms with Crippen molar-refractivity contribution in [3.05, 3.63) is 108 Å². The molecule has 0 aliphatic carbocycles. The number of rotatable bonds is 9. The van der Waals surface area contributed by atoms with Crippen molar-refractivity contribution in [1.29, 1.82) is 0 Å². The molecule has 0 aliphatic heterocycles. The maximum atomic E-state index is 5.93. The van der Waals surface area contributed by atoms with E-state index in [9.17, 15) is 0 Å². The lowest BCUT2D eigenvalue weighted by Crippen LogP contribution is -2.10. The molecule has 0 spiro atoms. The van der Waals surface area contributed by atoms with E-state index in [1.54, 1.807) is 0 Å². The number of para-hydroxylation sites is 1. The average molecular weight is 412 g/mol. The fourth-order valence-electron chi connectivity index (χ4n) is 3.71. The van der Waals surface area contributed by atoms with Crippen LogP contribution in [-0.4, -0.2) is 9.78 Å². The summed E-state index contributed by atoms with van der Waals surface area (Å²) in [7, 11) is 0. The molecule has 1 aromatic heterocycles. The smallest absolute Gasteiger partial charge is 0.127 e. The minimum absolute atomic E-state index is 0.191. The summed E-state index contributed by atoms with van der Waals surface area (Å²) in [5.74, 6) is 1.69. The summed E-state index contributed by atoms with van der Waals surface area (Å²) < 4.78 is 7.94. The van der Waals surface area contributed by atoms with Gasteiger partial charge in [-0.2, -0.15) is 5.10 Å². The minimum Gasteiger partial charge on any atom is -0.457 e. The first-order chi connectivity index (χ1) is 15.2. The van der Waals surface area contributed by atoms with Crippen molar-refractivity contribution in [2.75, 3.05) is 5.32 Å². The van der Waals surface area contributed by atoms with E-state index < -0.39 is 0 Å². The number of ether oxygens (including phenoxy) is 1. The third-order valence-corrected chi connectivity index (χ3v) is 5.46.